The van der Waals surface area contributed by atoms with Gasteiger partial charge in [-0.2, -0.15) is 0 Å². The Morgan fingerprint density at radius 1 is 1.10 bits per heavy atom. The van der Waals surface area contributed by atoms with Gasteiger partial charge in [-0.15, -0.1) is 0 Å². The molecule has 6 nitrogen and oxygen atoms in total. The van der Waals surface area contributed by atoms with Crippen LogP contribution < -0.4 is 5.32 Å². The molecule has 1 aromatic carbocycles. The van der Waals surface area contributed by atoms with Crippen molar-refractivity contribution in [2.45, 2.75) is 43.7 Å². The second kappa shape index (κ2) is 7.32. The molecule has 3 aromatic rings. The minimum absolute atomic E-state index is 0.0461. The molecule has 1 saturated heterocycles. The van der Waals surface area contributed by atoms with Crippen LogP contribution in [0, 0.1) is 5.82 Å². The number of halogens is 1. The quantitative estimate of drug-likeness (QED) is 0.689. The molecule has 2 fully saturated rings. The highest BCUT2D eigenvalue weighted by Gasteiger charge is 2.35. The zero-order valence-corrected chi connectivity index (χ0v) is 16.9. The van der Waals surface area contributed by atoms with Crippen LogP contribution in [0.2, 0.25) is 0 Å². The summed E-state index contributed by atoms with van der Waals surface area (Å²) in [6.07, 6.45) is 5.98. The Balaban J connectivity index is 1.39. The summed E-state index contributed by atoms with van der Waals surface area (Å²) < 4.78 is 19.5. The van der Waals surface area contributed by atoms with Gasteiger partial charge in [-0.3, -0.25) is 4.90 Å². The van der Waals surface area contributed by atoms with Crippen molar-refractivity contribution in [2.24, 2.45) is 0 Å². The number of aromatic nitrogens is 3. The van der Waals surface area contributed by atoms with Crippen LogP contribution in [0.3, 0.4) is 0 Å². The summed E-state index contributed by atoms with van der Waals surface area (Å²) in [5, 5.41) is 4.78. The highest BCUT2D eigenvalue weighted by Crippen LogP contribution is 2.42. The molecule has 0 spiro atoms. The third-order valence-electron chi connectivity index (χ3n) is 6.80. The van der Waals surface area contributed by atoms with Gasteiger partial charge in [0.25, 0.3) is 0 Å². The van der Waals surface area contributed by atoms with Gasteiger partial charge in [-0.25, -0.2) is 14.4 Å². The Hall–Kier alpha value is -2.51. The van der Waals surface area contributed by atoms with Gasteiger partial charge in [0, 0.05) is 24.8 Å². The van der Waals surface area contributed by atoms with Crippen molar-refractivity contribution in [3.8, 4) is 0 Å². The third kappa shape index (κ3) is 3.26. The third-order valence-corrected chi connectivity index (χ3v) is 6.80. The first-order valence-corrected chi connectivity index (χ1v) is 11.0. The van der Waals surface area contributed by atoms with Gasteiger partial charge in [0.15, 0.2) is 0 Å². The molecule has 7 heteroatoms. The van der Waals surface area contributed by atoms with Crippen LogP contribution in [0.5, 0.6) is 0 Å². The van der Waals surface area contributed by atoms with E-state index in [2.05, 4.69) is 31.2 Å². The maximum absolute atomic E-state index is 13.9. The van der Waals surface area contributed by atoms with Crippen molar-refractivity contribution >= 4 is 16.9 Å². The standard InChI is InChI=1S/C23H26FN5O/c24-16-4-5-17-15(11-16)3-6-20(29-7-9-30-10-8-29)21(17)28-23-18-12-19(14-1-2-14)27-22(18)25-13-26-23/h4-5,11-14,20-21H,1-3,6-10H2,(H2,25,26,27,28)/t20-,21?/m0/s1. The van der Waals surface area contributed by atoms with E-state index in [1.807, 2.05) is 6.07 Å². The van der Waals surface area contributed by atoms with Crippen molar-refractivity contribution in [1.82, 2.24) is 19.9 Å². The monoisotopic (exact) mass is 407 g/mol. The topological polar surface area (TPSA) is 66.1 Å². The number of nitrogens with zero attached hydrogens (tertiary/aromatic N) is 3. The molecule has 0 bridgehead atoms. The number of hydrogen-bond acceptors (Lipinski definition) is 5. The first-order valence-electron chi connectivity index (χ1n) is 11.0. The highest BCUT2D eigenvalue weighted by atomic mass is 19.1. The van der Waals surface area contributed by atoms with Crippen LogP contribution >= 0.6 is 0 Å². The van der Waals surface area contributed by atoms with Gasteiger partial charge >= 0.3 is 0 Å². The maximum Gasteiger partial charge on any atom is 0.143 e. The van der Waals surface area contributed by atoms with Crippen molar-refractivity contribution in [2.75, 3.05) is 31.6 Å². The van der Waals surface area contributed by atoms with Gasteiger partial charge in [0.1, 0.15) is 23.6 Å². The second-order valence-electron chi connectivity index (χ2n) is 8.70. The van der Waals surface area contributed by atoms with Gasteiger partial charge in [-0.05, 0) is 60.9 Å². The Bertz CT molecular complexity index is 1070. The summed E-state index contributed by atoms with van der Waals surface area (Å²) in [7, 11) is 0. The fourth-order valence-corrected chi connectivity index (χ4v) is 5.08. The summed E-state index contributed by atoms with van der Waals surface area (Å²) in [6.45, 7) is 3.38. The highest BCUT2D eigenvalue weighted by molar-refractivity contribution is 5.88. The molecule has 1 unspecified atom stereocenters. The van der Waals surface area contributed by atoms with Crippen LogP contribution in [0.4, 0.5) is 10.2 Å². The van der Waals surface area contributed by atoms with Crippen molar-refractivity contribution in [3.63, 3.8) is 0 Å². The smallest absolute Gasteiger partial charge is 0.143 e. The van der Waals surface area contributed by atoms with E-state index in [1.54, 1.807) is 18.5 Å². The summed E-state index contributed by atoms with van der Waals surface area (Å²) in [4.78, 5) is 15.0. The fraction of sp³-hybridized carbons (Fsp3) is 0.478. The number of anilines is 1. The lowest BCUT2D eigenvalue weighted by molar-refractivity contribution is 0.00894. The van der Waals surface area contributed by atoms with E-state index in [9.17, 15) is 4.39 Å². The SMILES string of the molecule is Fc1ccc2c(c1)CC[C@H](N1CCOCC1)C2Nc1ncnc2[nH]c(C3CC3)cc12. The van der Waals surface area contributed by atoms with Crippen LogP contribution in [-0.2, 0) is 11.2 Å². The number of aromatic amines is 1. The Morgan fingerprint density at radius 3 is 2.80 bits per heavy atom. The lowest BCUT2D eigenvalue weighted by atomic mass is 9.83. The molecule has 30 heavy (non-hydrogen) atoms. The first kappa shape index (κ1) is 18.3. The summed E-state index contributed by atoms with van der Waals surface area (Å²) >= 11 is 0. The fourth-order valence-electron chi connectivity index (χ4n) is 5.08. The molecule has 2 atom stereocenters. The molecular weight excluding hydrogens is 381 g/mol. The van der Waals surface area contributed by atoms with E-state index in [4.69, 9.17) is 4.74 Å². The predicted molar refractivity (Wildman–Crippen MR) is 113 cm³/mol. The first-order chi connectivity index (χ1) is 14.8. The molecule has 1 saturated carbocycles. The largest absolute Gasteiger partial charge is 0.379 e. The Kier molecular flexibility index (Phi) is 4.46. The number of ether oxygens (including phenoxy) is 1. The Morgan fingerprint density at radius 2 is 1.97 bits per heavy atom. The maximum atomic E-state index is 13.9. The van der Waals surface area contributed by atoms with Gasteiger partial charge in [0.05, 0.1) is 24.6 Å². The predicted octanol–water partition coefficient (Wildman–Crippen LogP) is 3.77. The number of nitrogens with one attached hydrogen (secondary N) is 2. The number of benzene rings is 1. The molecule has 156 valence electrons. The van der Waals surface area contributed by atoms with Crippen molar-refractivity contribution in [1.29, 1.82) is 0 Å². The molecule has 0 radical (unpaired) electrons. The average Bonchev–Trinajstić information content (AvgIpc) is 3.53. The number of rotatable bonds is 4. The lowest BCUT2D eigenvalue weighted by Crippen LogP contribution is -2.49. The van der Waals surface area contributed by atoms with Gasteiger partial charge in [0.2, 0.25) is 0 Å². The molecule has 6 rings (SSSR count). The van der Waals surface area contributed by atoms with Crippen LogP contribution in [0.15, 0.2) is 30.6 Å². The van der Waals surface area contributed by atoms with E-state index in [0.717, 1.165) is 61.6 Å². The molecule has 0 amide bonds. The zero-order chi connectivity index (χ0) is 20.1. The summed E-state index contributed by atoms with van der Waals surface area (Å²) in [5.41, 5.74) is 4.40. The molecule has 2 N–H and O–H groups in total. The molecular formula is C23H26FN5O. The number of fused-ring (bicyclic) bond motifs is 2. The molecule has 2 aliphatic carbocycles. The molecule has 3 aliphatic rings. The summed E-state index contributed by atoms with van der Waals surface area (Å²) in [5.74, 6) is 1.32. The molecule has 3 heterocycles. The number of aryl methyl sites for hydroxylation is 1. The van der Waals surface area contributed by atoms with Crippen LogP contribution in [-0.4, -0.2) is 52.2 Å². The van der Waals surface area contributed by atoms with E-state index in [-0.39, 0.29) is 11.9 Å². The lowest BCUT2D eigenvalue weighted by Gasteiger charge is -2.43. The van der Waals surface area contributed by atoms with E-state index in [0.29, 0.717) is 12.0 Å². The van der Waals surface area contributed by atoms with E-state index >= 15 is 0 Å². The normalized spacial score (nSPS) is 24.7. The van der Waals surface area contributed by atoms with E-state index < -0.39 is 0 Å². The average molecular weight is 407 g/mol. The molecule has 2 aromatic heterocycles. The van der Waals surface area contributed by atoms with Crippen LogP contribution in [0.25, 0.3) is 11.0 Å². The zero-order valence-electron chi connectivity index (χ0n) is 16.9. The van der Waals surface area contributed by atoms with Crippen LogP contribution in [0.1, 0.15) is 48.0 Å². The minimum Gasteiger partial charge on any atom is -0.379 e. The van der Waals surface area contributed by atoms with E-state index in [1.165, 1.54) is 24.1 Å². The number of hydrogen-bond donors (Lipinski definition) is 2. The minimum atomic E-state index is -0.165. The van der Waals surface area contributed by atoms with Crippen molar-refractivity contribution < 1.29 is 9.13 Å². The van der Waals surface area contributed by atoms with Crippen molar-refractivity contribution in [3.05, 3.63) is 53.2 Å². The van der Waals surface area contributed by atoms with Gasteiger partial charge in [-0.1, -0.05) is 6.07 Å². The molecule has 1 aliphatic heterocycles. The van der Waals surface area contributed by atoms with Gasteiger partial charge < -0.3 is 15.0 Å². The second-order valence-corrected chi connectivity index (χ2v) is 8.70. The number of H-pyrrole nitrogens is 1. The summed E-state index contributed by atoms with van der Waals surface area (Å²) in [6, 6.07) is 7.78. The Labute approximate surface area is 174 Å². The number of morpholine rings is 1.